The molecule has 0 saturated carbocycles. The number of hydrogen-bond acceptors (Lipinski definition) is 6. The number of fused-ring (bicyclic) bond motifs is 1. The highest BCUT2D eigenvalue weighted by Gasteiger charge is 2.21. The molecular weight excluding hydrogens is 452 g/mol. The molecule has 3 aromatic carbocycles. The summed E-state index contributed by atoms with van der Waals surface area (Å²) in [6, 6.07) is 22.1. The first-order valence-corrected chi connectivity index (χ1v) is 12.2. The smallest absolute Gasteiger partial charge is 0.340 e. The maximum absolute atomic E-state index is 12.8. The quantitative estimate of drug-likeness (QED) is 0.289. The van der Waals surface area contributed by atoms with E-state index in [1.807, 2.05) is 43.3 Å². The molecule has 182 valence electrons. The Balaban J connectivity index is 1.54. The lowest BCUT2D eigenvalue weighted by molar-refractivity contribution is 0.0528. The first-order valence-electron chi connectivity index (χ1n) is 12.2. The van der Waals surface area contributed by atoms with Gasteiger partial charge in [0.2, 0.25) is 5.82 Å². The van der Waals surface area contributed by atoms with Gasteiger partial charge in [0.1, 0.15) is 5.82 Å². The number of rotatable bonds is 8. The van der Waals surface area contributed by atoms with Gasteiger partial charge in [0.25, 0.3) is 0 Å². The van der Waals surface area contributed by atoms with Gasteiger partial charge in [-0.05, 0) is 47.4 Å². The molecule has 8 nitrogen and oxygen atoms in total. The van der Waals surface area contributed by atoms with Crippen LogP contribution in [0, 0.1) is 0 Å². The van der Waals surface area contributed by atoms with Crippen LogP contribution in [0.1, 0.15) is 54.9 Å². The lowest BCUT2D eigenvalue weighted by Gasteiger charge is -2.15. The van der Waals surface area contributed by atoms with E-state index < -0.39 is 0 Å². The Kier molecular flexibility index (Phi) is 6.58. The number of carbonyl (C=O) groups is 1. The summed E-state index contributed by atoms with van der Waals surface area (Å²) in [6.07, 6.45) is 0.948. The van der Waals surface area contributed by atoms with Crippen LogP contribution >= 0.6 is 0 Å². The van der Waals surface area contributed by atoms with Gasteiger partial charge in [-0.1, -0.05) is 68.4 Å². The largest absolute Gasteiger partial charge is 0.462 e. The molecule has 2 heterocycles. The molecule has 0 aliphatic heterocycles. The van der Waals surface area contributed by atoms with E-state index in [4.69, 9.17) is 9.72 Å². The average Bonchev–Trinajstić information content (AvgIpc) is 3.58. The SMILES string of the molecule is CCOC(=O)c1cccc2nc(C(C)CC)n(Cc3ccc(-c4ccccc4-c4nn[nH]n4)cc3)c12. The Hall–Kier alpha value is -4.33. The van der Waals surface area contributed by atoms with Gasteiger partial charge in [-0.2, -0.15) is 5.21 Å². The maximum atomic E-state index is 12.8. The number of H-pyrrole nitrogens is 1. The minimum atomic E-state index is -0.326. The standard InChI is InChI=1S/C28H28N6O2/c1-4-18(3)27-29-24-12-8-11-23(28(35)36-5-2)25(24)34(27)17-19-13-15-20(16-14-19)21-9-6-7-10-22(21)26-30-32-33-31-26/h6-16,18H,4-5,17H2,1-3H3,(H,30,31,32,33). The first kappa shape index (κ1) is 23.4. The number of nitrogens with zero attached hydrogens (tertiary/aromatic N) is 5. The number of aromatic amines is 1. The molecule has 0 amide bonds. The lowest BCUT2D eigenvalue weighted by atomic mass is 9.98. The Morgan fingerprint density at radius 3 is 2.47 bits per heavy atom. The number of ether oxygens (including phenoxy) is 1. The molecule has 1 atom stereocenters. The Morgan fingerprint density at radius 2 is 1.78 bits per heavy atom. The second-order valence-electron chi connectivity index (χ2n) is 8.74. The Morgan fingerprint density at radius 1 is 1.00 bits per heavy atom. The number of nitrogens with one attached hydrogen (secondary N) is 1. The first-order chi connectivity index (χ1) is 17.6. The fourth-order valence-corrected chi connectivity index (χ4v) is 4.47. The van der Waals surface area contributed by atoms with Crippen molar-refractivity contribution in [1.29, 1.82) is 0 Å². The van der Waals surface area contributed by atoms with Crippen LogP contribution < -0.4 is 0 Å². The van der Waals surface area contributed by atoms with E-state index in [1.54, 1.807) is 0 Å². The molecular formula is C28H28N6O2. The third kappa shape index (κ3) is 4.37. The van der Waals surface area contributed by atoms with Crippen LogP contribution in [0.25, 0.3) is 33.5 Å². The molecule has 1 N–H and O–H groups in total. The summed E-state index contributed by atoms with van der Waals surface area (Å²) >= 11 is 0. The van der Waals surface area contributed by atoms with Crippen LogP contribution in [0.2, 0.25) is 0 Å². The van der Waals surface area contributed by atoms with Crippen LogP contribution in [-0.4, -0.2) is 42.8 Å². The van der Waals surface area contributed by atoms with E-state index in [1.165, 1.54) is 0 Å². The molecule has 5 aromatic rings. The van der Waals surface area contributed by atoms with E-state index in [-0.39, 0.29) is 11.9 Å². The third-order valence-corrected chi connectivity index (χ3v) is 6.46. The second-order valence-corrected chi connectivity index (χ2v) is 8.74. The minimum Gasteiger partial charge on any atom is -0.462 e. The van der Waals surface area contributed by atoms with Gasteiger partial charge in [-0.15, -0.1) is 10.2 Å². The molecule has 8 heteroatoms. The van der Waals surface area contributed by atoms with Crippen molar-refractivity contribution < 1.29 is 9.53 Å². The van der Waals surface area contributed by atoms with Crippen molar-refractivity contribution in [1.82, 2.24) is 30.2 Å². The molecule has 0 radical (unpaired) electrons. The van der Waals surface area contributed by atoms with Crippen LogP contribution in [0.4, 0.5) is 0 Å². The van der Waals surface area contributed by atoms with Gasteiger partial charge < -0.3 is 9.30 Å². The third-order valence-electron chi connectivity index (χ3n) is 6.46. The minimum absolute atomic E-state index is 0.244. The molecule has 5 rings (SSSR count). The predicted molar refractivity (Wildman–Crippen MR) is 139 cm³/mol. The van der Waals surface area contributed by atoms with Crippen molar-refractivity contribution >= 4 is 17.0 Å². The van der Waals surface area contributed by atoms with Gasteiger partial charge in [-0.25, -0.2) is 9.78 Å². The number of carbonyl (C=O) groups excluding carboxylic acids is 1. The Bertz CT molecular complexity index is 1490. The maximum Gasteiger partial charge on any atom is 0.340 e. The van der Waals surface area contributed by atoms with Crippen molar-refractivity contribution in [3.8, 4) is 22.5 Å². The number of hydrogen-bond donors (Lipinski definition) is 1. The van der Waals surface area contributed by atoms with Crippen LogP contribution in [0.15, 0.2) is 66.7 Å². The van der Waals surface area contributed by atoms with Gasteiger partial charge in [0, 0.05) is 18.0 Å². The van der Waals surface area contributed by atoms with E-state index in [9.17, 15) is 4.79 Å². The number of esters is 1. The van der Waals surface area contributed by atoms with Crippen molar-refractivity contribution in [2.45, 2.75) is 39.7 Å². The summed E-state index contributed by atoms with van der Waals surface area (Å²) < 4.78 is 7.51. The molecule has 0 fully saturated rings. The molecule has 36 heavy (non-hydrogen) atoms. The molecule has 0 aliphatic carbocycles. The summed E-state index contributed by atoms with van der Waals surface area (Å²) in [7, 11) is 0. The van der Waals surface area contributed by atoms with Crippen molar-refractivity contribution in [2.75, 3.05) is 6.61 Å². The van der Waals surface area contributed by atoms with Crippen molar-refractivity contribution in [3.05, 3.63) is 83.7 Å². The number of aromatic nitrogens is 6. The van der Waals surface area contributed by atoms with Crippen molar-refractivity contribution in [3.63, 3.8) is 0 Å². The predicted octanol–water partition coefficient (Wildman–Crippen LogP) is 5.62. The van der Waals surface area contributed by atoms with E-state index in [0.29, 0.717) is 24.5 Å². The molecule has 0 spiro atoms. The fourth-order valence-electron chi connectivity index (χ4n) is 4.47. The zero-order chi connectivity index (χ0) is 25.1. The van der Waals surface area contributed by atoms with Gasteiger partial charge >= 0.3 is 5.97 Å². The average molecular weight is 481 g/mol. The highest BCUT2D eigenvalue weighted by atomic mass is 16.5. The van der Waals surface area contributed by atoms with Gasteiger partial charge in [0.05, 0.1) is 23.2 Å². The summed E-state index contributed by atoms with van der Waals surface area (Å²) in [5.41, 5.74) is 6.28. The Labute approximate surface area is 209 Å². The normalized spacial score (nSPS) is 12.1. The monoisotopic (exact) mass is 480 g/mol. The zero-order valence-electron chi connectivity index (χ0n) is 20.6. The fraction of sp³-hybridized carbons (Fsp3) is 0.250. The number of imidazole rings is 1. The van der Waals surface area contributed by atoms with Gasteiger partial charge in [-0.3, -0.25) is 0 Å². The van der Waals surface area contributed by atoms with Crippen LogP contribution in [0.5, 0.6) is 0 Å². The highest BCUT2D eigenvalue weighted by molar-refractivity contribution is 6.02. The summed E-state index contributed by atoms with van der Waals surface area (Å²) in [5, 5.41) is 14.5. The summed E-state index contributed by atoms with van der Waals surface area (Å²) in [5.74, 6) is 1.45. The highest BCUT2D eigenvalue weighted by Crippen LogP contribution is 2.31. The van der Waals surface area contributed by atoms with E-state index >= 15 is 0 Å². The molecule has 0 saturated heterocycles. The van der Waals surface area contributed by atoms with Crippen LogP contribution in [0.3, 0.4) is 0 Å². The van der Waals surface area contributed by atoms with Crippen molar-refractivity contribution in [2.24, 2.45) is 0 Å². The molecule has 0 aliphatic rings. The number of benzene rings is 3. The molecule has 1 unspecified atom stereocenters. The molecule has 0 bridgehead atoms. The summed E-state index contributed by atoms with van der Waals surface area (Å²) in [4.78, 5) is 17.7. The summed E-state index contributed by atoms with van der Waals surface area (Å²) in [6.45, 7) is 7.06. The zero-order valence-corrected chi connectivity index (χ0v) is 20.6. The second kappa shape index (κ2) is 10.1. The number of para-hydroxylation sites is 1. The van der Waals surface area contributed by atoms with Gasteiger partial charge in [0.15, 0.2) is 0 Å². The topological polar surface area (TPSA) is 98.6 Å². The van der Waals surface area contributed by atoms with E-state index in [2.05, 4.69) is 69.4 Å². The number of tetrazole rings is 1. The molecule has 2 aromatic heterocycles. The van der Waals surface area contributed by atoms with E-state index in [0.717, 1.165) is 45.5 Å². The van der Waals surface area contributed by atoms with Crippen LogP contribution in [-0.2, 0) is 11.3 Å². The lowest BCUT2D eigenvalue weighted by Crippen LogP contribution is -2.11.